The molecule has 0 amide bonds. The van der Waals surface area contributed by atoms with Crippen LogP contribution in [0, 0.1) is 5.82 Å². The van der Waals surface area contributed by atoms with Gasteiger partial charge in [0.25, 0.3) is 10.0 Å². The van der Waals surface area contributed by atoms with Crippen LogP contribution >= 0.6 is 11.8 Å². The van der Waals surface area contributed by atoms with E-state index in [1.807, 2.05) is 10.8 Å². The molecule has 4 rings (SSSR count). The smallest absolute Gasteiger partial charge is 0.325 e. The third kappa shape index (κ3) is 3.97. The molecule has 29 heavy (non-hydrogen) atoms. The Hall–Kier alpha value is -2.53. The van der Waals surface area contributed by atoms with Gasteiger partial charge in [-0.1, -0.05) is 23.9 Å². The topological polar surface area (TPSA) is 64.0 Å². The van der Waals surface area contributed by atoms with Crippen LogP contribution in [0.5, 0.6) is 0 Å². The number of hydrogen-bond acceptors (Lipinski definition) is 4. The molecule has 2 heterocycles. The molecule has 1 N–H and O–H groups in total. The van der Waals surface area contributed by atoms with E-state index >= 15 is 0 Å². The number of halogens is 4. The number of nitrogens with one attached hydrogen (secondary N) is 1. The molecule has 0 aliphatic carbocycles. The first-order valence-electron chi connectivity index (χ1n) is 8.33. The largest absolute Gasteiger partial charge is 0.419 e. The number of sulfonamides is 1. The van der Waals surface area contributed by atoms with Gasteiger partial charge in [0.1, 0.15) is 5.82 Å². The number of imidazole rings is 1. The van der Waals surface area contributed by atoms with Gasteiger partial charge in [0, 0.05) is 29.7 Å². The summed E-state index contributed by atoms with van der Waals surface area (Å²) in [6.45, 7) is 0.877. The second kappa shape index (κ2) is 7.06. The van der Waals surface area contributed by atoms with Crippen molar-refractivity contribution in [1.29, 1.82) is 0 Å². The number of benzene rings is 2. The van der Waals surface area contributed by atoms with Gasteiger partial charge in [-0.05, 0) is 30.3 Å². The van der Waals surface area contributed by atoms with Crippen molar-refractivity contribution in [3.05, 3.63) is 60.0 Å². The van der Waals surface area contributed by atoms with Crippen molar-refractivity contribution in [2.45, 2.75) is 22.8 Å². The predicted octanol–water partition coefficient (Wildman–Crippen LogP) is 4.61. The van der Waals surface area contributed by atoms with E-state index in [9.17, 15) is 26.0 Å². The van der Waals surface area contributed by atoms with E-state index in [1.165, 1.54) is 12.1 Å². The van der Waals surface area contributed by atoms with Crippen molar-refractivity contribution in [1.82, 2.24) is 9.55 Å². The first kappa shape index (κ1) is 19.8. The van der Waals surface area contributed by atoms with E-state index in [0.29, 0.717) is 6.07 Å². The summed E-state index contributed by atoms with van der Waals surface area (Å²) in [5, 5.41) is 0.918. The molecule has 3 aromatic rings. The highest BCUT2D eigenvalue weighted by Crippen LogP contribution is 2.33. The van der Waals surface area contributed by atoms with E-state index in [4.69, 9.17) is 0 Å². The van der Waals surface area contributed by atoms with Crippen molar-refractivity contribution < 1.29 is 26.0 Å². The fraction of sp³-hybridized carbons (Fsp3) is 0.167. The maximum absolute atomic E-state index is 13.4. The number of alkyl halides is 3. The SMILES string of the molecule is O=S(=O)(Nc1ccc(-c2cn3c(n2)SCC3)cc1)c1ccc(F)c(C(F)(F)F)c1. The number of hydrogen-bond donors (Lipinski definition) is 1. The third-order valence-electron chi connectivity index (χ3n) is 4.29. The Morgan fingerprint density at radius 3 is 2.48 bits per heavy atom. The molecule has 0 fully saturated rings. The van der Waals surface area contributed by atoms with Gasteiger partial charge in [0.05, 0.1) is 16.2 Å². The van der Waals surface area contributed by atoms with E-state index < -0.39 is 32.5 Å². The second-order valence-electron chi connectivity index (χ2n) is 6.27. The van der Waals surface area contributed by atoms with E-state index in [2.05, 4.69) is 9.71 Å². The van der Waals surface area contributed by atoms with E-state index in [1.54, 1.807) is 23.9 Å². The zero-order chi connectivity index (χ0) is 20.8. The van der Waals surface area contributed by atoms with Gasteiger partial charge >= 0.3 is 6.18 Å². The summed E-state index contributed by atoms with van der Waals surface area (Å²) in [4.78, 5) is 3.82. The minimum absolute atomic E-state index is 0.160. The maximum Gasteiger partial charge on any atom is 0.419 e. The molecule has 152 valence electrons. The number of anilines is 1. The zero-order valence-corrected chi connectivity index (χ0v) is 16.2. The first-order valence-corrected chi connectivity index (χ1v) is 10.8. The summed E-state index contributed by atoms with van der Waals surface area (Å²) >= 11 is 1.65. The highest BCUT2D eigenvalue weighted by atomic mass is 32.2. The van der Waals surface area contributed by atoms with Crippen LogP contribution in [0.15, 0.2) is 58.7 Å². The van der Waals surface area contributed by atoms with Crippen LogP contribution in [0.4, 0.5) is 23.2 Å². The Balaban J connectivity index is 1.57. The van der Waals surface area contributed by atoms with Gasteiger partial charge in [-0.3, -0.25) is 4.72 Å². The van der Waals surface area contributed by atoms with E-state index in [-0.39, 0.29) is 11.8 Å². The van der Waals surface area contributed by atoms with Crippen LogP contribution in [0.25, 0.3) is 11.3 Å². The minimum Gasteiger partial charge on any atom is -0.325 e. The quantitative estimate of drug-likeness (QED) is 0.598. The van der Waals surface area contributed by atoms with E-state index in [0.717, 1.165) is 34.8 Å². The summed E-state index contributed by atoms with van der Waals surface area (Å²) in [7, 11) is -4.33. The lowest BCUT2D eigenvalue weighted by atomic mass is 10.1. The molecule has 0 atom stereocenters. The highest BCUT2D eigenvalue weighted by molar-refractivity contribution is 7.99. The van der Waals surface area contributed by atoms with Gasteiger partial charge < -0.3 is 4.57 Å². The van der Waals surface area contributed by atoms with Crippen LogP contribution in [0.2, 0.25) is 0 Å². The zero-order valence-electron chi connectivity index (χ0n) is 14.6. The summed E-state index contributed by atoms with van der Waals surface area (Å²) in [5.41, 5.74) is 0.0423. The molecule has 0 bridgehead atoms. The summed E-state index contributed by atoms with van der Waals surface area (Å²) < 4.78 is 81.0. The van der Waals surface area contributed by atoms with Crippen LogP contribution in [0.1, 0.15) is 5.56 Å². The van der Waals surface area contributed by atoms with Crippen LogP contribution in [0.3, 0.4) is 0 Å². The molecular formula is C18H13F4N3O2S2. The Kier molecular flexibility index (Phi) is 4.82. The minimum atomic E-state index is -5.00. The molecule has 0 saturated carbocycles. The van der Waals surface area contributed by atoms with Gasteiger partial charge in [-0.15, -0.1) is 0 Å². The molecule has 0 unspecified atom stereocenters. The van der Waals surface area contributed by atoms with Crippen LogP contribution in [-0.2, 0) is 22.7 Å². The van der Waals surface area contributed by atoms with Crippen LogP contribution in [-0.4, -0.2) is 23.7 Å². The molecule has 0 saturated heterocycles. The first-order chi connectivity index (χ1) is 13.6. The number of thioether (sulfide) groups is 1. The molecule has 1 aromatic heterocycles. The number of rotatable bonds is 4. The molecule has 1 aliphatic rings. The monoisotopic (exact) mass is 443 g/mol. The van der Waals surface area contributed by atoms with Crippen molar-refractivity contribution in [3.8, 4) is 11.3 Å². The lowest BCUT2D eigenvalue weighted by molar-refractivity contribution is -0.140. The Morgan fingerprint density at radius 1 is 1.10 bits per heavy atom. The maximum atomic E-state index is 13.4. The van der Waals surface area contributed by atoms with Gasteiger partial charge in [0.15, 0.2) is 5.16 Å². The van der Waals surface area contributed by atoms with Crippen molar-refractivity contribution in [2.24, 2.45) is 0 Å². The van der Waals surface area contributed by atoms with Crippen molar-refractivity contribution in [3.63, 3.8) is 0 Å². The average molecular weight is 443 g/mol. The average Bonchev–Trinajstić information content (AvgIpc) is 3.23. The summed E-state index contributed by atoms with van der Waals surface area (Å²) in [6.07, 6.45) is -3.09. The standard InChI is InChI=1S/C18H13F4N3O2S2/c19-15-6-5-13(9-14(15)18(20,21)22)29(26,27)24-12-3-1-11(2-4-12)16-10-25-7-8-28-17(25)23-16/h1-6,9-10,24H,7-8H2. The number of aromatic nitrogens is 2. The van der Waals surface area contributed by atoms with Gasteiger partial charge in [0.2, 0.25) is 0 Å². The molecule has 2 aromatic carbocycles. The van der Waals surface area contributed by atoms with Gasteiger partial charge in [-0.25, -0.2) is 17.8 Å². The van der Waals surface area contributed by atoms with Crippen LogP contribution < -0.4 is 4.72 Å². The van der Waals surface area contributed by atoms with Crippen molar-refractivity contribution in [2.75, 3.05) is 10.5 Å². The molecule has 1 aliphatic heterocycles. The number of fused-ring (bicyclic) bond motifs is 1. The van der Waals surface area contributed by atoms with Crippen molar-refractivity contribution >= 4 is 27.5 Å². The normalized spacial score (nSPS) is 14.1. The molecule has 11 heteroatoms. The number of aryl methyl sites for hydroxylation is 1. The Labute approximate surface area is 167 Å². The Bertz CT molecular complexity index is 1150. The second-order valence-corrected chi connectivity index (χ2v) is 9.02. The summed E-state index contributed by atoms with van der Waals surface area (Å²) in [6, 6.07) is 7.83. The fourth-order valence-electron chi connectivity index (χ4n) is 2.86. The lowest BCUT2D eigenvalue weighted by Crippen LogP contribution is -2.15. The number of nitrogens with zero attached hydrogens (tertiary/aromatic N) is 2. The third-order valence-corrected chi connectivity index (χ3v) is 6.64. The molecular weight excluding hydrogens is 430 g/mol. The Morgan fingerprint density at radius 2 is 1.83 bits per heavy atom. The highest BCUT2D eigenvalue weighted by Gasteiger charge is 2.35. The fourth-order valence-corrected chi connectivity index (χ4v) is 4.89. The summed E-state index contributed by atoms with van der Waals surface area (Å²) in [5.74, 6) is -0.561. The molecule has 0 radical (unpaired) electrons. The lowest BCUT2D eigenvalue weighted by Gasteiger charge is -2.12. The molecule has 0 spiro atoms. The molecule has 5 nitrogen and oxygen atoms in total. The predicted molar refractivity (Wildman–Crippen MR) is 101 cm³/mol. The van der Waals surface area contributed by atoms with Gasteiger partial charge in [-0.2, -0.15) is 13.2 Å².